The van der Waals surface area contributed by atoms with Crippen molar-refractivity contribution in [2.24, 2.45) is 0 Å². The quantitative estimate of drug-likeness (QED) is 0.421. The van der Waals surface area contributed by atoms with Gasteiger partial charge >= 0.3 is 0 Å². The Morgan fingerprint density at radius 1 is 1.03 bits per heavy atom. The molecule has 0 amide bonds. The van der Waals surface area contributed by atoms with E-state index in [1.165, 1.54) is 0 Å². The zero-order chi connectivity index (χ0) is 22.1. The standard InChI is InChI=1S/C23H27ClN4O2S/c1-3-29-20-11-10-17(14-21(20)30-4-2)12-13-25-23(31)26-22-19(24)16-28(27-22)15-18-8-6-5-7-9-18/h5-11,14,16H,3-4,12-13,15H2,1-2H3,(H2,25,26,27,31). The Morgan fingerprint density at radius 2 is 1.77 bits per heavy atom. The van der Waals surface area contributed by atoms with Gasteiger partial charge in [-0.05, 0) is 55.7 Å². The summed E-state index contributed by atoms with van der Waals surface area (Å²) < 4.78 is 13.1. The van der Waals surface area contributed by atoms with Crippen molar-refractivity contribution in [3.8, 4) is 11.5 Å². The molecule has 2 aromatic carbocycles. The first-order valence-electron chi connectivity index (χ1n) is 10.3. The van der Waals surface area contributed by atoms with Gasteiger partial charge in [0, 0.05) is 12.7 Å². The molecule has 0 radical (unpaired) electrons. The van der Waals surface area contributed by atoms with Gasteiger partial charge in [0.25, 0.3) is 0 Å². The van der Waals surface area contributed by atoms with Crippen LogP contribution in [0.4, 0.5) is 5.82 Å². The molecule has 0 aliphatic heterocycles. The van der Waals surface area contributed by atoms with Crippen LogP contribution in [0.25, 0.3) is 0 Å². The summed E-state index contributed by atoms with van der Waals surface area (Å²) in [5, 5.41) is 11.8. The van der Waals surface area contributed by atoms with Gasteiger partial charge in [-0.15, -0.1) is 0 Å². The first-order chi connectivity index (χ1) is 15.1. The monoisotopic (exact) mass is 458 g/mol. The Kier molecular flexibility index (Phi) is 8.55. The van der Waals surface area contributed by atoms with Crippen molar-refractivity contribution < 1.29 is 9.47 Å². The second kappa shape index (κ2) is 11.6. The van der Waals surface area contributed by atoms with Gasteiger partial charge in [-0.2, -0.15) is 5.10 Å². The second-order valence-electron chi connectivity index (χ2n) is 6.79. The molecule has 0 bridgehead atoms. The van der Waals surface area contributed by atoms with Crippen LogP contribution in [0.3, 0.4) is 0 Å². The fourth-order valence-electron chi connectivity index (χ4n) is 3.06. The third-order valence-electron chi connectivity index (χ3n) is 4.44. The summed E-state index contributed by atoms with van der Waals surface area (Å²) in [6, 6.07) is 16.1. The van der Waals surface area contributed by atoms with E-state index < -0.39 is 0 Å². The molecule has 164 valence electrons. The molecule has 2 N–H and O–H groups in total. The number of anilines is 1. The minimum absolute atomic E-state index is 0.475. The minimum atomic E-state index is 0.475. The van der Waals surface area contributed by atoms with E-state index in [0.717, 1.165) is 29.0 Å². The molecule has 8 heteroatoms. The third-order valence-corrected chi connectivity index (χ3v) is 4.97. The van der Waals surface area contributed by atoms with Crippen LogP contribution in [-0.2, 0) is 13.0 Å². The molecular weight excluding hydrogens is 432 g/mol. The largest absolute Gasteiger partial charge is 0.490 e. The summed E-state index contributed by atoms with van der Waals surface area (Å²) in [7, 11) is 0. The van der Waals surface area contributed by atoms with Crippen LogP contribution in [0.1, 0.15) is 25.0 Å². The Balaban J connectivity index is 1.51. The highest BCUT2D eigenvalue weighted by Gasteiger charge is 2.10. The normalized spacial score (nSPS) is 10.5. The molecule has 0 unspecified atom stereocenters. The molecule has 0 spiro atoms. The van der Waals surface area contributed by atoms with Crippen molar-refractivity contribution in [2.75, 3.05) is 25.1 Å². The van der Waals surface area contributed by atoms with Gasteiger partial charge in [-0.1, -0.05) is 48.0 Å². The van der Waals surface area contributed by atoms with Gasteiger partial charge < -0.3 is 20.1 Å². The second-order valence-corrected chi connectivity index (χ2v) is 7.60. The van der Waals surface area contributed by atoms with Crippen molar-refractivity contribution in [3.63, 3.8) is 0 Å². The van der Waals surface area contributed by atoms with Gasteiger partial charge in [0.05, 0.1) is 19.8 Å². The van der Waals surface area contributed by atoms with E-state index >= 15 is 0 Å². The van der Waals surface area contributed by atoms with Gasteiger partial charge in [0.2, 0.25) is 0 Å². The lowest BCUT2D eigenvalue weighted by Crippen LogP contribution is -2.30. The summed E-state index contributed by atoms with van der Waals surface area (Å²) in [6.07, 6.45) is 2.57. The molecule has 0 saturated heterocycles. The van der Waals surface area contributed by atoms with Crippen molar-refractivity contribution >= 4 is 34.7 Å². The fourth-order valence-corrected chi connectivity index (χ4v) is 3.45. The first-order valence-corrected chi connectivity index (χ1v) is 11.1. The predicted octanol–water partition coefficient (Wildman–Crippen LogP) is 4.91. The lowest BCUT2D eigenvalue weighted by Gasteiger charge is -2.13. The molecule has 3 rings (SSSR count). The summed E-state index contributed by atoms with van der Waals surface area (Å²) >= 11 is 11.7. The highest BCUT2D eigenvalue weighted by Crippen LogP contribution is 2.28. The third kappa shape index (κ3) is 6.87. The van der Waals surface area contributed by atoms with E-state index in [9.17, 15) is 0 Å². The van der Waals surface area contributed by atoms with Crippen LogP contribution < -0.4 is 20.1 Å². The number of nitrogens with zero attached hydrogens (tertiary/aromatic N) is 2. The van der Waals surface area contributed by atoms with Crippen molar-refractivity contribution in [1.82, 2.24) is 15.1 Å². The number of halogens is 1. The van der Waals surface area contributed by atoms with Crippen molar-refractivity contribution in [2.45, 2.75) is 26.8 Å². The SMILES string of the molecule is CCOc1ccc(CCNC(=S)Nc2nn(Cc3ccccc3)cc2Cl)cc1OCC. The van der Waals surface area contributed by atoms with Crippen LogP contribution in [-0.4, -0.2) is 34.7 Å². The molecule has 6 nitrogen and oxygen atoms in total. The van der Waals surface area contributed by atoms with E-state index in [4.69, 9.17) is 33.3 Å². The Labute approximate surface area is 193 Å². The summed E-state index contributed by atoms with van der Waals surface area (Å²) in [5.74, 6) is 2.06. The summed E-state index contributed by atoms with van der Waals surface area (Å²) in [5.41, 5.74) is 2.28. The average molecular weight is 459 g/mol. The molecule has 1 aromatic heterocycles. The van der Waals surface area contributed by atoms with Crippen molar-refractivity contribution in [1.29, 1.82) is 0 Å². The lowest BCUT2D eigenvalue weighted by molar-refractivity contribution is 0.287. The molecule has 0 saturated carbocycles. The number of nitrogens with one attached hydrogen (secondary N) is 2. The zero-order valence-corrected chi connectivity index (χ0v) is 19.3. The summed E-state index contributed by atoms with van der Waals surface area (Å²) in [6.45, 7) is 6.41. The molecule has 0 aliphatic carbocycles. The van der Waals surface area contributed by atoms with Gasteiger partial charge in [0.1, 0.15) is 5.02 Å². The molecule has 0 aliphatic rings. The van der Waals surface area contributed by atoms with E-state index in [-0.39, 0.29) is 0 Å². The lowest BCUT2D eigenvalue weighted by atomic mass is 10.1. The topological polar surface area (TPSA) is 60.3 Å². The minimum Gasteiger partial charge on any atom is -0.490 e. The number of hydrogen-bond acceptors (Lipinski definition) is 4. The fraction of sp³-hybridized carbons (Fsp3) is 0.304. The van der Waals surface area contributed by atoms with E-state index in [2.05, 4.69) is 15.7 Å². The van der Waals surface area contributed by atoms with Crippen LogP contribution in [0, 0.1) is 0 Å². The highest BCUT2D eigenvalue weighted by molar-refractivity contribution is 7.80. The average Bonchev–Trinajstić information content (AvgIpc) is 3.09. The van der Waals surface area contributed by atoms with E-state index in [0.29, 0.717) is 42.3 Å². The number of aromatic nitrogens is 2. The molecule has 31 heavy (non-hydrogen) atoms. The molecule has 0 atom stereocenters. The predicted molar refractivity (Wildman–Crippen MR) is 129 cm³/mol. The van der Waals surface area contributed by atoms with E-state index in [1.54, 1.807) is 10.9 Å². The highest BCUT2D eigenvalue weighted by atomic mass is 35.5. The molecule has 1 heterocycles. The number of ether oxygens (including phenoxy) is 2. The molecule has 0 fully saturated rings. The maximum absolute atomic E-state index is 6.31. The smallest absolute Gasteiger partial charge is 0.173 e. The number of rotatable bonds is 10. The van der Waals surface area contributed by atoms with Gasteiger partial charge in [0.15, 0.2) is 22.4 Å². The van der Waals surface area contributed by atoms with Gasteiger partial charge in [-0.3, -0.25) is 4.68 Å². The number of hydrogen-bond donors (Lipinski definition) is 2. The molecular formula is C23H27ClN4O2S. The number of thiocarbonyl (C=S) groups is 1. The first kappa shape index (κ1) is 22.9. The van der Waals surface area contributed by atoms with Crippen LogP contribution >= 0.6 is 23.8 Å². The Bertz CT molecular complexity index is 994. The van der Waals surface area contributed by atoms with E-state index in [1.807, 2.05) is 62.4 Å². The molecule has 3 aromatic rings. The maximum Gasteiger partial charge on any atom is 0.173 e. The van der Waals surface area contributed by atoms with Crippen LogP contribution in [0.5, 0.6) is 11.5 Å². The van der Waals surface area contributed by atoms with Crippen molar-refractivity contribution in [3.05, 3.63) is 70.9 Å². The Hall–Kier alpha value is -2.77. The van der Waals surface area contributed by atoms with Crippen LogP contribution in [0.2, 0.25) is 5.02 Å². The van der Waals surface area contributed by atoms with Crippen LogP contribution in [0.15, 0.2) is 54.7 Å². The number of benzene rings is 2. The zero-order valence-electron chi connectivity index (χ0n) is 17.7. The Morgan fingerprint density at radius 3 is 2.52 bits per heavy atom. The van der Waals surface area contributed by atoms with Gasteiger partial charge in [-0.25, -0.2) is 0 Å². The summed E-state index contributed by atoms with van der Waals surface area (Å²) in [4.78, 5) is 0. The maximum atomic E-state index is 6.31.